The van der Waals surface area contributed by atoms with Crippen molar-refractivity contribution < 1.29 is 23.6 Å². The van der Waals surface area contributed by atoms with Crippen molar-refractivity contribution in [2.24, 2.45) is 0 Å². The number of rotatable bonds is 7. The van der Waals surface area contributed by atoms with Crippen molar-refractivity contribution in [1.29, 1.82) is 0 Å². The Kier molecular flexibility index (Phi) is 6.64. The number of phenols is 1. The lowest BCUT2D eigenvalue weighted by Gasteiger charge is -2.16. The van der Waals surface area contributed by atoms with E-state index in [-0.39, 0.29) is 12.5 Å². The van der Waals surface area contributed by atoms with Crippen LogP contribution >= 0.6 is 7.82 Å². The van der Waals surface area contributed by atoms with Crippen LogP contribution in [0.1, 0.15) is 53.1 Å². The molecule has 0 saturated carbocycles. The maximum Gasteiger partial charge on any atom is 0.472 e. The molecule has 0 heterocycles. The van der Waals surface area contributed by atoms with Gasteiger partial charge in [0.1, 0.15) is 5.75 Å². The molecule has 0 fully saturated rings. The largest absolute Gasteiger partial charge is 0.508 e. The quantitative estimate of drug-likeness (QED) is 0.664. The topological polar surface area (TPSA) is 76.0 Å². The van der Waals surface area contributed by atoms with Gasteiger partial charge in [-0.2, -0.15) is 0 Å². The molecule has 0 bridgehead atoms. The summed E-state index contributed by atoms with van der Waals surface area (Å²) in [7, 11) is -2.84. The van der Waals surface area contributed by atoms with E-state index in [9.17, 15) is 14.6 Å². The Morgan fingerprint density at radius 1 is 1.08 bits per heavy atom. The molecule has 2 aromatic rings. The van der Waals surface area contributed by atoms with Crippen molar-refractivity contribution >= 4 is 7.82 Å². The van der Waals surface area contributed by atoms with E-state index in [2.05, 4.69) is 24.4 Å². The number of phenolic OH excluding ortho intramolecular Hbond substituents is 1. The Bertz CT molecular complexity index is 806. The molecule has 142 valence electrons. The zero-order valence-electron chi connectivity index (χ0n) is 15.9. The lowest BCUT2D eigenvalue weighted by molar-refractivity contribution is 0.166. The van der Waals surface area contributed by atoms with Crippen LogP contribution in [0.5, 0.6) is 5.75 Å². The van der Waals surface area contributed by atoms with E-state index in [0.29, 0.717) is 5.75 Å². The van der Waals surface area contributed by atoms with Crippen molar-refractivity contribution in [3.05, 3.63) is 63.7 Å². The van der Waals surface area contributed by atoms with Crippen LogP contribution < -0.4 is 0 Å². The second-order valence-electron chi connectivity index (χ2n) is 6.86. The van der Waals surface area contributed by atoms with Gasteiger partial charge in [-0.3, -0.25) is 9.05 Å². The molecule has 2 rings (SSSR count). The molecule has 0 saturated heterocycles. The van der Waals surface area contributed by atoms with Gasteiger partial charge in [-0.15, -0.1) is 0 Å². The summed E-state index contributed by atoms with van der Waals surface area (Å²) in [6.07, 6.45) is 0.759. The fourth-order valence-electron chi connectivity index (χ4n) is 3.03. The summed E-state index contributed by atoms with van der Waals surface area (Å²) in [5.74, 6) is 0.586. The minimum atomic E-state index is -3.98. The summed E-state index contributed by atoms with van der Waals surface area (Å²) in [4.78, 5) is 9.36. The monoisotopic (exact) mass is 378 g/mol. The minimum Gasteiger partial charge on any atom is -0.508 e. The van der Waals surface area contributed by atoms with Crippen molar-refractivity contribution in [1.82, 2.24) is 0 Å². The molecule has 0 aliphatic rings. The van der Waals surface area contributed by atoms with Crippen molar-refractivity contribution in [2.45, 2.75) is 46.6 Å². The molecule has 2 N–H and O–H groups in total. The third kappa shape index (κ3) is 5.18. The molecule has 5 nitrogen and oxygen atoms in total. The molecule has 1 unspecified atom stereocenters. The van der Waals surface area contributed by atoms with E-state index in [1.807, 2.05) is 32.0 Å². The fraction of sp³-hybridized carbons (Fsp3) is 0.400. The highest BCUT2D eigenvalue weighted by Crippen LogP contribution is 2.43. The van der Waals surface area contributed by atoms with Gasteiger partial charge in [0.15, 0.2) is 0 Å². The molecular formula is C20H27O5P. The number of phosphoric ester groups is 1. The summed E-state index contributed by atoms with van der Waals surface area (Å²) < 4.78 is 20.8. The first-order valence-corrected chi connectivity index (χ1v) is 10.1. The highest BCUT2D eigenvalue weighted by atomic mass is 31.2. The third-order valence-electron chi connectivity index (χ3n) is 4.48. The highest BCUT2D eigenvalue weighted by Gasteiger charge is 2.18. The Morgan fingerprint density at radius 3 is 2.23 bits per heavy atom. The molecule has 0 spiro atoms. The van der Waals surface area contributed by atoms with Gasteiger partial charge in [0, 0.05) is 7.11 Å². The molecule has 0 aliphatic heterocycles. The maximum absolute atomic E-state index is 11.4. The average molecular weight is 378 g/mol. The van der Waals surface area contributed by atoms with E-state index >= 15 is 0 Å². The predicted octanol–water partition coefficient (Wildman–Crippen LogP) is 4.99. The van der Waals surface area contributed by atoms with Crippen LogP contribution in [0.3, 0.4) is 0 Å². The first kappa shape index (κ1) is 20.7. The SMILES string of the molecule is COP(=O)(O)OCc1cc(C)c(Cc2ccc(O)c(C(C)C)c2)c(C)c1. The zero-order chi connectivity index (χ0) is 19.5. The molecule has 6 heteroatoms. The molecule has 0 aliphatic carbocycles. The van der Waals surface area contributed by atoms with E-state index in [1.165, 1.54) is 5.56 Å². The summed E-state index contributed by atoms with van der Waals surface area (Å²) in [5.41, 5.74) is 6.29. The van der Waals surface area contributed by atoms with E-state index in [4.69, 9.17) is 4.52 Å². The van der Waals surface area contributed by atoms with E-state index in [1.54, 1.807) is 6.07 Å². The molecule has 0 amide bonds. The van der Waals surface area contributed by atoms with Gasteiger partial charge in [0.2, 0.25) is 0 Å². The van der Waals surface area contributed by atoms with Crippen molar-refractivity contribution in [3.63, 3.8) is 0 Å². The normalized spacial score (nSPS) is 13.8. The van der Waals surface area contributed by atoms with Gasteiger partial charge in [0.05, 0.1) is 6.61 Å². The molecule has 1 atom stereocenters. The van der Waals surface area contributed by atoms with Crippen LogP contribution in [0.15, 0.2) is 30.3 Å². The average Bonchev–Trinajstić information content (AvgIpc) is 2.57. The third-order valence-corrected chi connectivity index (χ3v) is 5.39. The number of phosphoric acid groups is 1. The number of aryl methyl sites for hydroxylation is 2. The van der Waals surface area contributed by atoms with Gasteiger partial charge in [0.25, 0.3) is 0 Å². The Balaban J connectivity index is 2.23. The summed E-state index contributed by atoms with van der Waals surface area (Å²) in [5, 5.41) is 9.99. The predicted molar refractivity (Wildman–Crippen MR) is 103 cm³/mol. The van der Waals surface area contributed by atoms with Crippen LogP contribution in [0.4, 0.5) is 0 Å². The van der Waals surface area contributed by atoms with E-state index in [0.717, 1.165) is 41.3 Å². The number of hydrogen-bond acceptors (Lipinski definition) is 4. The summed E-state index contributed by atoms with van der Waals surface area (Å²) in [6.45, 7) is 8.17. The molecule has 0 aromatic heterocycles. The second kappa shape index (κ2) is 8.36. The fourth-order valence-corrected chi connectivity index (χ4v) is 3.45. The van der Waals surface area contributed by atoms with Crippen LogP contribution in [-0.2, 0) is 26.6 Å². The number of aromatic hydroxyl groups is 1. The Labute approximate surface area is 155 Å². The summed E-state index contributed by atoms with van der Waals surface area (Å²) in [6, 6.07) is 9.67. The van der Waals surface area contributed by atoms with Crippen LogP contribution in [-0.4, -0.2) is 17.1 Å². The second-order valence-corrected chi connectivity index (χ2v) is 8.42. The van der Waals surface area contributed by atoms with Gasteiger partial charge in [-0.25, -0.2) is 4.57 Å². The minimum absolute atomic E-state index is 0.0142. The van der Waals surface area contributed by atoms with Gasteiger partial charge in [-0.05, 0) is 65.6 Å². The smallest absolute Gasteiger partial charge is 0.472 e. The zero-order valence-corrected chi connectivity index (χ0v) is 16.8. The van der Waals surface area contributed by atoms with Crippen LogP contribution in [0, 0.1) is 13.8 Å². The van der Waals surface area contributed by atoms with Gasteiger partial charge >= 0.3 is 7.82 Å². The van der Waals surface area contributed by atoms with E-state index < -0.39 is 7.82 Å². The van der Waals surface area contributed by atoms with Crippen LogP contribution in [0.2, 0.25) is 0 Å². The Hall–Kier alpha value is -1.65. The van der Waals surface area contributed by atoms with Crippen LogP contribution in [0.25, 0.3) is 0 Å². The first-order valence-electron chi connectivity index (χ1n) is 8.57. The number of hydrogen-bond donors (Lipinski definition) is 2. The van der Waals surface area contributed by atoms with Crippen molar-refractivity contribution in [2.75, 3.05) is 7.11 Å². The number of benzene rings is 2. The molecular weight excluding hydrogens is 351 g/mol. The standard InChI is InChI=1S/C20H27O5P/c1-13(2)18-10-16(6-7-20(18)21)11-19-14(3)8-17(9-15(19)4)12-25-26(22,23)24-5/h6-10,13,21H,11-12H2,1-5H3,(H,22,23). The molecule has 0 radical (unpaired) electrons. The van der Waals surface area contributed by atoms with Gasteiger partial charge < -0.3 is 10.00 Å². The lowest BCUT2D eigenvalue weighted by Crippen LogP contribution is -2.01. The first-order chi connectivity index (χ1) is 12.1. The maximum atomic E-state index is 11.4. The molecule has 2 aromatic carbocycles. The molecule has 26 heavy (non-hydrogen) atoms. The lowest BCUT2D eigenvalue weighted by atomic mass is 9.92. The Morgan fingerprint density at radius 2 is 1.69 bits per heavy atom. The van der Waals surface area contributed by atoms with Gasteiger partial charge in [-0.1, -0.05) is 38.1 Å². The van der Waals surface area contributed by atoms with Crippen molar-refractivity contribution in [3.8, 4) is 5.75 Å². The summed E-state index contributed by atoms with van der Waals surface area (Å²) >= 11 is 0. The highest BCUT2D eigenvalue weighted by molar-refractivity contribution is 7.47.